The molecule has 0 spiro atoms. The Hall–Kier alpha value is -4.14. The van der Waals surface area contributed by atoms with Crippen molar-refractivity contribution in [3.8, 4) is 22.9 Å². The molecular weight excluding hydrogens is 398 g/mol. The molecule has 2 aromatic heterocycles. The van der Waals surface area contributed by atoms with E-state index in [0.29, 0.717) is 34.3 Å². The predicted octanol–water partition coefficient (Wildman–Crippen LogP) is 2.80. The van der Waals surface area contributed by atoms with Gasteiger partial charge in [-0.05, 0) is 31.2 Å². The second-order valence-corrected chi connectivity index (χ2v) is 6.60. The minimum atomic E-state index is -0.360. The quantitative estimate of drug-likeness (QED) is 0.446. The van der Waals surface area contributed by atoms with Gasteiger partial charge >= 0.3 is 5.56 Å². The van der Waals surface area contributed by atoms with Gasteiger partial charge in [0.1, 0.15) is 12.2 Å². The minimum Gasteiger partial charge on any atom is -0.493 e. The zero-order valence-corrected chi connectivity index (χ0v) is 17.6. The number of methoxy groups -OCH3 is 3. The Kier molecular flexibility index (Phi) is 5.40. The fourth-order valence-electron chi connectivity index (χ4n) is 3.26. The molecule has 0 N–H and O–H groups in total. The van der Waals surface area contributed by atoms with Gasteiger partial charge in [-0.25, -0.2) is 9.97 Å². The van der Waals surface area contributed by atoms with Gasteiger partial charge in [0.25, 0.3) is 0 Å². The number of fused-ring (bicyclic) bond motifs is 1. The maximum absolute atomic E-state index is 13.0. The fraction of sp³-hybridized carbons (Fsp3) is 0.182. The number of benzene rings is 2. The Morgan fingerprint density at radius 1 is 1.00 bits per heavy atom. The van der Waals surface area contributed by atoms with Crippen LogP contribution in [0.25, 0.3) is 16.9 Å². The molecule has 2 aromatic carbocycles. The Bertz CT molecular complexity index is 1300. The molecule has 9 heteroatoms. The first-order valence-electron chi connectivity index (χ1n) is 9.44. The van der Waals surface area contributed by atoms with Crippen molar-refractivity contribution >= 4 is 17.4 Å². The van der Waals surface area contributed by atoms with Crippen LogP contribution in [0.15, 0.2) is 58.7 Å². The zero-order chi connectivity index (χ0) is 22.0. The van der Waals surface area contributed by atoms with Gasteiger partial charge in [0.15, 0.2) is 22.7 Å². The summed E-state index contributed by atoms with van der Waals surface area (Å²) in [5.74, 6) is 1.88. The summed E-state index contributed by atoms with van der Waals surface area (Å²) in [5.41, 5.74) is 1.89. The molecule has 9 nitrogen and oxygen atoms in total. The van der Waals surface area contributed by atoms with Crippen LogP contribution < -0.4 is 19.8 Å². The van der Waals surface area contributed by atoms with Crippen LogP contribution in [0.2, 0.25) is 0 Å². The number of aryl methyl sites for hydroxylation is 1. The average Bonchev–Trinajstić information content (AvgIpc) is 3.22. The predicted molar refractivity (Wildman–Crippen MR) is 117 cm³/mol. The van der Waals surface area contributed by atoms with Crippen LogP contribution >= 0.6 is 0 Å². The highest BCUT2D eigenvalue weighted by molar-refractivity contribution is 5.82. The number of para-hydroxylation sites is 1. The molecule has 0 fully saturated rings. The normalized spacial score (nSPS) is 11.2. The van der Waals surface area contributed by atoms with Crippen LogP contribution in [0.1, 0.15) is 11.4 Å². The summed E-state index contributed by atoms with van der Waals surface area (Å²) in [4.78, 5) is 21.9. The topological polar surface area (TPSA) is 92.8 Å². The molecule has 0 amide bonds. The van der Waals surface area contributed by atoms with Gasteiger partial charge in [-0.1, -0.05) is 18.2 Å². The molecule has 4 aromatic rings. The van der Waals surface area contributed by atoms with Crippen molar-refractivity contribution < 1.29 is 14.2 Å². The van der Waals surface area contributed by atoms with Gasteiger partial charge in [0.05, 0.1) is 27.5 Å². The number of aromatic nitrogens is 4. The third-order valence-corrected chi connectivity index (χ3v) is 4.76. The van der Waals surface area contributed by atoms with Gasteiger partial charge in [-0.3, -0.25) is 9.36 Å². The van der Waals surface area contributed by atoms with Crippen molar-refractivity contribution in [1.29, 1.82) is 0 Å². The van der Waals surface area contributed by atoms with Gasteiger partial charge in [0, 0.05) is 11.3 Å². The van der Waals surface area contributed by atoms with Crippen LogP contribution in [0, 0.1) is 6.92 Å². The highest BCUT2D eigenvalue weighted by atomic mass is 16.5. The lowest BCUT2D eigenvalue weighted by Gasteiger charge is -2.12. The summed E-state index contributed by atoms with van der Waals surface area (Å²) in [6, 6.07) is 13.1. The Balaban J connectivity index is 1.78. The summed E-state index contributed by atoms with van der Waals surface area (Å²) in [6.45, 7) is 1.72. The van der Waals surface area contributed by atoms with Crippen molar-refractivity contribution in [2.75, 3.05) is 21.3 Å². The van der Waals surface area contributed by atoms with Crippen molar-refractivity contribution in [3.63, 3.8) is 0 Å². The van der Waals surface area contributed by atoms with E-state index in [0.717, 1.165) is 5.69 Å². The van der Waals surface area contributed by atoms with Crippen LogP contribution in [-0.2, 0) is 0 Å². The standard InChI is InChI=1S/C22H21N5O4/c1-14-25-21-19(23-13-26(21)16-8-6-5-7-9-16)22(28)27(14)24-12-15-10-17(29-2)20(31-4)18(11-15)30-3/h5-13H,1-4H3/b24-12-. The maximum atomic E-state index is 13.0. The molecule has 0 saturated heterocycles. The minimum absolute atomic E-state index is 0.233. The lowest BCUT2D eigenvalue weighted by atomic mass is 10.2. The van der Waals surface area contributed by atoms with Gasteiger partial charge in [-0.2, -0.15) is 9.78 Å². The average molecular weight is 419 g/mol. The summed E-state index contributed by atoms with van der Waals surface area (Å²) in [6.07, 6.45) is 3.11. The molecule has 31 heavy (non-hydrogen) atoms. The summed E-state index contributed by atoms with van der Waals surface area (Å²) in [7, 11) is 4.61. The number of hydrogen-bond acceptors (Lipinski definition) is 7. The number of nitrogens with zero attached hydrogens (tertiary/aromatic N) is 5. The van der Waals surface area contributed by atoms with Gasteiger partial charge < -0.3 is 14.2 Å². The van der Waals surface area contributed by atoms with Crippen molar-refractivity contribution in [1.82, 2.24) is 19.2 Å². The van der Waals surface area contributed by atoms with E-state index in [2.05, 4.69) is 15.1 Å². The summed E-state index contributed by atoms with van der Waals surface area (Å²) in [5, 5.41) is 4.33. The lowest BCUT2D eigenvalue weighted by Crippen LogP contribution is -2.21. The van der Waals surface area contributed by atoms with E-state index in [1.54, 1.807) is 30.0 Å². The third-order valence-electron chi connectivity index (χ3n) is 4.76. The number of rotatable bonds is 6. The van der Waals surface area contributed by atoms with Crippen molar-refractivity contribution in [2.45, 2.75) is 6.92 Å². The Morgan fingerprint density at radius 3 is 2.29 bits per heavy atom. The molecule has 158 valence electrons. The monoisotopic (exact) mass is 419 g/mol. The van der Waals surface area contributed by atoms with E-state index in [9.17, 15) is 4.79 Å². The summed E-state index contributed by atoms with van der Waals surface area (Å²) >= 11 is 0. The van der Waals surface area contributed by atoms with E-state index in [1.807, 2.05) is 30.3 Å². The first kappa shape index (κ1) is 20.1. The van der Waals surface area contributed by atoms with E-state index >= 15 is 0 Å². The summed E-state index contributed by atoms with van der Waals surface area (Å²) < 4.78 is 19.0. The second kappa shape index (κ2) is 8.31. The smallest absolute Gasteiger partial charge is 0.302 e. The van der Waals surface area contributed by atoms with Gasteiger partial charge in [0.2, 0.25) is 5.75 Å². The first-order chi connectivity index (χ1) is 15.1. The third kappa shape index (κ3) is 3.61. The van der Waals surface area contributed by atoms with E-state index < -0.39 is 0 Å². The van der Waals surface area contributed by atoms with E-state index in [1.165, 1.54) is 32.2 Å². The maximum Gasteiger partial charge on any atom is 0.302 e. The van der Waals surface area contributed by atoms with Crippen LogP contribution in [0.4, 0.5) is 0 Å². The highest BCUT2D eigenvalue weighted by Crippen LogP contribution is 2.37. The lowest BCUT2D eigenvalue weighted by molar-refractivity contribution is 0.324. The number of hydrogen-bond donors (Lipinski definition) is 0. The van der Waals surface area contributed by atoms with Crippen LogP contribution in [0.3, 0.4) is 0 Å². The molecule has 0 atom stereocenters. The van der Waals surface area contributed by atoms with E-state index in [-0.39, 0.29) is 11.1 Å². The molecule has 0 unspecified atom stereocenters. The van der Waals surface area contributed by atoms with Gasteiger partial charge in [-0.15, -0.1) is 0 Å². The fourth-order valence-corrected chi connectivity index (χ4v) is 3.26. The zero-order valence-electron chi connectivity index (χ0n) is 17.6. The van der Waals surface area contributed by atoms with E-state index in [4.69, 9.17) is 14.2 Å². The molecular formula is C22H21N5O4. The molecule has 0 aliphatic heterocycles. The molecule has 0 aliphatic rings. The molecule has 0 bridgehead atoms. The number of ether oxygens (including phenoxy) is 3. The molecule has 0 saturated carbocycles. The van der Waals surface area contributed by atoms with Crippen molar-refractivity contribution in [2.24, 2.45) is 5.10 Å². The Labute approximate surface area is 178 Å². The van der Waals surface area contributed by atoms with Crippen LogP contribution in [-0.4, -0.2) is 46.8 Å². The highest BCUT2D eigenvalue weighted by Gasteiger charge is 2.15. The Morgan fingerprint density at radius 2 is 1.68 bits per heavy atom. The largest absolute Gasteiger partial charge is 0.493 e. The SMILES string of the molecule is COc1cc(/C=N\n2c(C)nc3c(ncn3-c3ccccc3)c2=O)cc(OC)c1OC. The first-order valence-corrected chi connectivity index (χ1v) is 9.44. The molecule has 0 aliphatic carbocycles. The van der Waals surface area contributed by atoms with Crippen molar-refractivity contribution in [3.05, 3.63) is 70.5 Å². The second-order valence-electron chi connectivity index (χ2n) is 6.60. The molecule has 2 heterocycles. The molecule has 4 rings (SSSR count). The number of imidazole rings is 1. The van der Waals surface area contributed by atoms with Crippen LogP contribution in [0.5, 0.6) is 17.2 Å². The molecule has 0 radical (unpaired) electrons.